The van der Waals surface area contributed by atoms with Gasteiger partial charge in [-0.2, -0.15) is 10.2 Å². The van der Waals surface area contributed by atoms with Crippen molar-refractivity contribution in [3.8, 4) is 11.3 Å². The number of hydrogen-bond donors (Lipinski definition) is 2. The van der Waals surface area contributed by atoms with Gasteiger partial charge in [0.15, 0.2) is 5.82 Å². The zero-order chi connectivity index (χ0) is 15.5. The molecule has 1 unspecified atom stereocenters. The van der Waals surface area contributed by atoms with Crippen LogP contribution in [0, 0.1) is 6.92 Å². The molecule has 0 aromatic carbocycles. The quantitative estimate of drug-likeness (QED) is 0.772. The summed E-state index contributed by atoms with van der Waals surface area (Å²) in [5.41, 5.74) is 2.71. The summed E-state index contributed by atoms with van der Waals surface area (Å²) in [4.78, 5) is 16.2. The predicted octanol–water partition coefficient (Wildman–Crippen LogP) is 2.18. The number of H-pyrrole nitrogens is 1. The Hall–Kier alpha value is -2.96. The fraction of sp³-hybridized carbons (Fsp3) is 0.200. The number of pyridine rings is 1. The molecule has 0 aliphatic heterocycles. The van der Waals surface area contributed by atoms with E-state index >= 15 is 0 Å². The molecule has 0 aliphatic carbocycles. The smallest absolute Gasteiger partial charge is 0.250 e. The van der Waals surface area contributed by atoms with Gasteiger partial charge in [0.2, 0.25) is 5.91 Å². The molecular weight excluding hydrogens is 280 g/mol. The Morgan fingerprint density at radius 1 is 1.27 bits per heavy atom. The SMILES string of the molecule is Cc1ccnn1C(C)C(=O)Nc1cc(-c2ccncc2)[nH]n1. The molecule has 0 aliphatic rings. The van der Waals surface area contributed by atoms with Gasteiger partial charge < -0.3 is 5.32 Å². The lowest BCUT2D eigenvalue weighted by Crippen LogP contribution is -2.25. The molecule has 3 heterocycles. The number of carbonyl (C=O) groups excluding carboxylic acids is 1. The molecule has 0 saturated heterocycles. The van der Waals surface area contributed by atoms with E-state index in [2.05, 4.69) is 25.6 Å². The van der Waals surface area contributed by atoms with Crippen LogP contribution in [0.5, 0.6) is 0 Å². The number of rotatable bonds is 4. The van der Waals surface area contributed by atoms with Gasteiger partial charge in [-0.15, -0.1) is 0 Å². The molecule has 0 saturated carbocycles. The minimum Gasteiger partial charge on any atom is -0.307 e. The third kappa shape index (κ3) is 2.73. The Bertz CT molecular complexity index is 776. The van der Waals surface area contributed by atoms with Gasteiger partial charge in [0.25, 0.3) is 0 Å². The minimum absolute atomic E-state index is 0.167. The van der Waals surface area contributed by atoms with Crippen LogP contribution >= 0.6 is 0 Å². The summed E-state index contributed by atoms with van der Waals surface area (Å²) < 4.78 is 1.67. The Morgan fingerprint density at radius 2 is 2.05 bits per heavy atom. The Morgan fingerprint density at radius 3 is 2.73 bits per heavy atom. The molecule has 112 valence electrons. The second-order valence-corrected chi connectivity index (χ2v) is 4.99. The predicted molar refractivity (Wildman–Crippen MR) is 82.1 cm³/mol. The highest BCUT2D eigenvalue weighted by molar-refractivity contribution is 5.93. The number of aryl methyl sites for hydroxylation is 1. The zero-order valence-electron chi connectivity index (χ0n) is 12.3. The molecular formula is C15H16N6O. The lowest BCUT2D eigenvalue weighted by atomic mass is 10.2. The number of anilines is 1. The first-order valence-corrected chi connectivity index (χ1v) is 6.92. The number of carbonyl (C=O) groups is 1. The molecule has 3 aromatic heterocycles. The van der Waals surface area contributed by atoms with Gasteiger partial charge in [0.05, 0.1) is 5.69 Å². The normalized spacial score (nSPS) is 12.1. The van der Waals surface area contributed by atoms with Crippen molar-refractivity contribution in [1.29, 1.82) is 0 Å². The van der Waals surface area contributed by atoms with E-state index in [9.17, 15) is 4.79 Å². The van der Waals surface area contributed by atoms with Crippen LogP contribution in [-0.2, 0) is 4.79 Å². The van der Waals surface area contributed by atoms with Crippen molar-refractivity contribution in [2.75, 3.05) is 5.32 Å². The average molecular weight is 296 g/mol. The molecule has 7 nitrogen and oxygen atoms in total. The fourth-order valence-corrected chi connectivity index (χ4v) is 2.19. The van der Waals surface area contributed by atoms with E-state index in [4.69, 9.17) is 0 Å². The molecule has 1 atom stereocenters. The molecule has 3 aromatic rings. The molecule has 0 bridgehead atoms. The van der Waals surface area contributed by atoms with Crippen LogP contribution < -0.4 is 5.32 Å². The summed E-state index contributed by atoms with van der Waals surface area (Å²) in [6, 6.07) is 6.98. The third-order valence-electron chi connectivity index (χ3n) is 3.43. The molecule has 2 N–H and O–H groups in total. The summed E-state index contributed by atoms with van der Waals surface area (Å²) in [6.07, 6.45) is 5.09. The van der Waals surface area contributed by atoms with Gasteiger partial charge in [-0.05, 0) is 32.0 Å². The highest BCUT2D eigenvalue weighted by Gasteiger charge is 2.18. The molecule has 0 radical (unpaired) electrons. The first-order chi connectivity index (χ1) is 10.6. The van der Waals surface area contributed by atoms with Gasteiger partial charge in [0, 0.05) is 35.9 Å². The van der Waals surface area contributed by atoms with Gasteiger partial charge in [-0.1, -0.05) is 0 Å². The summed E-state index contributed by atoms with van der Waals surface area (Å²) in [5, 5.41) is 14.0. The summed E-state index contributed by atoms with van der Waals surface area (Å²) >= 11 is 0. The second kappa shape index (κ2) is 5.80. The molecule has 7 heteroatoms. The van der Waals surface area contributed by atoms with Gasteiger partial charge >= 0.3 is 0 Å². The molecule has 0 fully saturated rings. The number of nitrogens with one attached hydrogen (secondary N) is 2. The van der Waals surface area contributed by atoms with Gasteiger partial charge in [0.1, 0.15) is 6.04 Å². The first kappa shape index (κ1) is 14.0. The Kier molecular flexibility index (Phi) is 3.69. The van der Waals surface area contributed by atoms with Crippen LogP contribution in [0.25, 0.3) is 11.3 Å². The summed E-state index contributed by atoms with van der Waals surface area (Å²) in [5.74, 6) is 0.313. The topological polar surface area (TPSA) is 88.5 Å². The minimum atomic E-state index is -0.406. The number of hydrogen-bond acceptors (Lipinski definition) is 4. The number of amides is 1. The van der Waals surface area contributed by atoms with Crippen molar-refractivity contribution in [2.45, 2.75) is 19.9 Å². The Labute approximate surface area is 127 Å². The highest BCUT2D eigenvalue weighted by atomic mass is 16.2. The van der Waals surface area contributed by atoms with Crippen molar-refractivity contribution >= 4 is 11.7 Å². The van der Waals surface area contributed by atoms with Crippen molar-refractivity contribution < 1.29 is 4.79 Å². The van der Waals surface area contributed by atoms with Crippen molar-refractivity contribution in [3.05, 3.63) is 48.5 Å². The molecule has 3 rings (SSSR count). The maximum absolute atomic E-state index is 12.3. The standard InChI is InChI=1S/C15H16N6O/c1-10-3-8-17-21(10)11(2)15(22)18-14-9-13(19-20-14)12-4-6-16-7-5-12/h3-9,11H,1-2H3,(H2,18,19,20,22). The lowest BCUT2D eigenvalue weighted by molar-refractivity contribution is -0.119. The van der Waals surface area contributed by atoms with Crippen LogP contribution in [0.1, 0.15) is 18.7 Å². The zero-order valence-corrected chi connectivity index (χ0v) is 12.3. The maximum atomic E-state index is 12.3. The molecule has 0 spiro atoms. The van der Waals surface area contributed by atoms with E-state index < -0.39 is 6.04 Å². The highest BCUT2D eigenvalue weighted by Crippen LogP contribution is 2.19. The largest absolute Gasteiger partial charge is 0.307 e. The van der Waals surface area contributed by atoms with Gasteiger partial charge in [-0.3, -0.25) is 19.6 Å². The average Bonchev–Trinajstić information content (AvgIpc) is 3.16. The summed E-state index contributed by atoms with van der Waals surface area (Å²) in [7, 11) is 0. The molecule has 1 amide bonds. The van der Waals surface area contributed by atoms with Gasteiger partial charge in [-0.25, -0.2) is 0 Å². The van der Waals surface area contributed by atoms with Crippen LogP contribution in [0.4, 0.5) is 5.82 Å². The maximum Gasteiger partial charge on any atom is 0.250 e. The van der Waals surface area contributed by atoms with Crippen molar-refractivity contribution in [3.63, 3.8) is 0 Å². The van der Waals surface area contributed by atoms with Crippen LogP contribution in [-0.4, -0.2) is 30.9 Å². The van der Waals surface area contributed by atoms with E-state index in [1.165, 1.54) is 0 Å². The number of aromatic amines is 1. The van der Waals surface area contributed by atoms with E-state index in [-0.39, 0.29) is 5.91 Å². The second-order valence-electron chi connectivity index (χ2n) is 4.99. The van der Waals surface area contributed by atoms with E-state index in [0.29, 0.717) is 5.82 Å². The number of aromatic nitrogens is 5. The summed E-state index contributed by atoms with van der Waals surface area (Å²) in [6.45, 7) is 3.71. The van der Waals surface area contributed by atoms with Crippen molar-refractivity contribution in [2.24, 2.45) is 0 Å². The first-order valence-electron chi connectivity index (χ1n) is 6.92. The van der Waals surface area contributed by atoms with Crippen LogP contribution in [0.2, 0.25) is 0 Å². The Balaban J connectivity index is 1.73. The van der Waals surface area contributed by atoms with Crippen LogP contribution in [0.3, 0.4) is 0 Å². The monoisotopic (exact) mass is 296 g/mol. The van der Waals surface area contributed by atoms with Crippen LogP contribution in [0.15, 0.2) is 42.9 Å². The number of nitrogens with zero attached hydrogens (tertiary/aromatic N) is 4. The fourth-order valence-electron chi connectivity index (χ4n) is 2.19. The van der Waals surface area contributed by atoms with E-state index in [1.54, 1.807) is 36.3 Å². The van der Waals surface area contributed by atoms with Crippen molar-refractivity contribution in [1.82, 2.24) is 25.0 Å². The lowest BCUT2D eigenvalue weighted by Gasteiger charge is -2.13. The molecule has 22 heavy (non-hydrogen) atoms. The third-order valence-corrected chi connectivity index (χ3v) is 3.43. The van der Waals surface area contributed by atoms with E-state index in [0.717, 1.165) is 17.0 Å². The van der Waals surface area contributed by atoms with E-state index in [1.807, 2.05) is 25.1 Å².